The molecule has 6 heteroatoms. The standard InChI is InChI=1S/C14H16N2O3S/c1-18-11-6-4-10(5-7-11)9-16-12(13(17)19-2)8-15-14(16)20-3/h4-8H,9H2,1-3H3. The molecule has 2 aromatic rings. The molecular weight excluding hydrogens is 276 g/mol. The van der Waals surface area contributed by atoms with Crippen LogP contribution < -0.4 is 4.74 Å². The summed E-state index contributed by atoms with van der Waals surface area (Å²) in [6.45, 7) is 0.560. The predicted octanol–water partition coefficient (Wildman–Crippen LogP) is 2.45. The molecule has 1 aromatic carbocycles. The third-order valence-corrected chi connectivity index (χ3v) is 3.59. The number of thioether (sulfide) groups is 1. The number of hydrogen-bond donors (Lipinski definition) is 0. The van der Waals surface area contributed by atoms with Crippen LogP contribution in [0.2, 0.25) is 0 Å². The van der Waals surface area contributed by atoms with Gasteiger partial charge < -0.3 is 14.0 Å². The van der Waals surface area contributed by atoms with Crippen LogP contribution in [0.3, 0.4) is 0 Å². The number of nitrogens with zero attached hydrogens (tertiary/aromatic N) is 2. The fourth-order valence-corrected chi connectivity index (χ4v) is 2.40. The average molecular weight is 292 g/mol. The molecule has 0 atom stereocenters. The molecule has 2 rings (SSSR count). The van der Waals surface area contributed by atoms with Gasteiger partial charge in [-0.1, -0.05) is 23.9 Å². The zero-order chi connectivity index (χ0) is 14.5. The van der Waals surface area contributed by atoms with E-state index in [4.69, 9.17) is 9.47 Å². The van der Waals surface area contributed by atoms with Crippen molar-refractivity contribution in [2.24, 2.45) is 0 Å². The van der Waals surface area contributed by atoms with Gasteiger partial charge in [-0.2, -0.15) is 0 Å². The largest absolute Gasteiger partial charge is 0.497 e. The number of benzene rings is 1. The van der Waals surface area contributed by atoms with Crippen molar-refractivity contribution >= 4 is 17.7 Å². The maximum atomic E-state index is 11.7. The molecular formula is C14H16N2O3S. The van der Waals surface area contributed by atoms with Crippen LogP contribution in [-0.2, 0) is 11.3 Å². The van der Waals surface area contributed by atoms with E-state index < -0.39 is 0 Å². The number of methoxy groups -OCH3 is 2. The van der Waals surface area contributed by atoms with Crippen molar-refractivity contribution in [3.8, 4) is 5.75 Å². The van der Waals surface area contributed by atoms with Gasteiger partial charge >= 0.3 is 5.97 Å². The van der Waals surface area contributed by atoms with E-state index in [1.165, 1.54) is 18.9 Å². The van der Waals surface area contributed by atoms with E-state index in [0.717, 1.165) is 16.5 Å². The van der Waals surface area contributed by atoms with Crippen molar-refractivity contribution in [1.82, 2.24) is 9.55 Å². The second kappa shape index (κ2) is 6.47. The summed E-state index contributed by atoms with van der Waals surface area (Å²) >= 11 is 1.49. The number of aromatic nitrogens is 2. The summed E-state index contributed by atoms with van der Waals surface area (Å²) in [5.41, 5.74) is 1.51. The van der Waals surface area contributed by atoms with E-state index in [-0.39, 0.29) is 5.97 Å². The molecule has 0 spiro atoms. The first-order valence-electron chi connectivity index (χ1n) is 6.00. The second-order valence-corrected chi connectivity index (χ2v) is 4.83. The lowest BCUT2D eigenvalue weighted by Crippen LogP contribution is -2.12. The Bertz CT molecular complexity index is 593. The first-order valence-corrected chi connectivity index (χ1v) is 7.22. The Morgan fingerprint density at radius 1 is 1.30 bits per heavy atom. The van der Waals surface area contributed by atoms with Gasteiger partial charge in [-0.15, -0.1) is 0 Å². The lowest BCUT2D eigenvalue weighted by molar-refractivity contribution is 0.0588. The molecule has 0 fully saturated rings. The van der Waals surface area contributed by atoms with Crippen molar-refractivity contribution < 1.29 is 14.3 Å². The van der Waals surface area contributed by atoms with Crippen LogP contribution >= 0.6 is 11.8 Å². The van der Waals surface area contributed by atoms with Gasteiger partial charge in [0.25, 0.3) is 0 Å². The van der Waals surface area contributed by atoms with E-state index >= 15 is 0 Å². The maximum Gasteiger partial charge on any atom is 0.356 e. The minimum atomic E-state index is -0.383. The van der Waals surface area contributed by atoms with Gasteiger partial charge in [-0.25, -0.2) is 9.78 Å². The maximum absolute atomic E-state index is 11.7. The fourth-order valence-electron chi connectivity index (χ4n) is 1.86. The summed E-state index contributed by atoms with van der Waals surface area (Å²) in [6.07, 6.45) is 3.47. The molecule has 0 unspecified atom stereocenters. The molecule has 0 radical (unpaired) electrons. The van der Waals surface area contributed by atoms with Gasteiger partial charge in [-0.3, -0.25) is 0 Å². The second-order valence-electron chi connectivity index (χ2n) is 4.06. The summed E-state index contributed by atoms with van der Waals surface area (Å²) in [6, 6.07) is 7.71. The first-order chi connectivity index (χ1) is 9.69. The number of imidazole rings is 1. The number of hydrogen-bond acceptors (Lipinski definition) is 5. The van der Waals surface area contributed by atoms with E-state index in [2.05, 4.69) is 4.98 Å². The molecule has 20 heavy (non-hydrogen) atoms. The van der Waals surface area contributed by atoms with Crippen LogP contribution in [0.5, 0.6) is 5.75 Å². The Hall–Kier alpha value is -1.95. The Labute approximate surface area is 121 Å². The molecule has 0 saturated carbocycles. The molecule has 106 valence electrons. The van der Waals surface area contributed by atoms with Crippen LogP contribution in [0.15, 0.2) is 35.6 Å². The summed E-state index contributed by atoms with van der Waals surface area (Å²) in [7, 11) is 3.00. The van der Waals surface area contributed by atoms with E-state index in [1.807, 2.05) is 35.1 Å². The van der Waals surface area contributed by atoms with Gasteiger partial charge in [-0.05, 0) is 24.0 Å². The average Bonchev–Trinajstić information content (AvgIpc) is 2.90. The monoisotopic (exact) mass is 292 g/mol. The first kappa shape index (κ1) is 14.5. The highest BCUT2D eigenvalue weighted by molar-refractivity contribution is 7.98. The minimum Gasteiger partial charge on any atom is -0.497 e. The molecule has 1 aromatic heterocycles. The highest BCUT2D eigenvalue weighted by Gasteiger charge is 2.16. The lowest BCUT2D eigenvalue weighted by Gasteiger charge is -2.10. The Morgan fingerprint density at radius 2 is 2.00 bits per heavy atom. The molecule has 1 heterocycles. The Kier molecular flexibility index (Phi) is 4.68. The smallest absolute Gasteiger partial charge is 0.356 e. The van der Waals surface area contributed by atoms with Gasteiger partial charge in [0.1, 0.15) is 11.4 Å². The number of esters is 1. The molecule has 0 aliphatic rings. The molecule has 0 saturated heterocycles. The molecule has 0 N–H and O–H groups in total. The van der Waals surface area contributed by atoms with Crippen LogP contribution in [0.25, 0.3) is 0 Å². The van der Waals surface area contributed by atoms with Crippen LogP contribution in [0.1, 0.15) is 16.1 Å². The van der Waals surface area contributed by atoms with Crippen molar-refractivity contribution in [2.75, 3.05) is 20.5 Å². The summed E-state index contributed by atoms with van der Waals surface area (Å²) in [5, 5.41) is 0.779. The summed E-state index contributed by atoms with van der Waals surface area (Å²) < 4.78 is 11.8. The number of carbonyl (C=O) groups is 1. The molecule has 5 nitrogen and oxygen atoms in total. The van der Waals surface area contributed by atoms with Gasteiger partial charge in [0.15, 0.2) is 5.16 Å². The Morgan fingerprint density at radius 3 is 2.55 bits per heavy atom. The number of carbonyl (C=O) groups excluding carboxylic acids is 1. The van der Waals surface area contributed by atoms with Gasteiger partial charge in [0, 0.05) is 0 Å². The van der Waals surface area contributed by atoms with Gasteiger partial charge in [0.2, 0.25) is 0 Å². The summed E-state index contributed by atoms with van der Waals surface area (Å²) in [5.74, 6) is 0.420. The van der Waals surface area contributed by atoms with Crippen molar-refractivity contribution in [2.45, 2.75) is 11.7 Å². The summed E-state index contributed by atoms with van der Waals surface area (Å²) in [4.78, 5) is 16.0. The molecule has 0 amide bonds. The van der Waals surface area contributed by atoms with E-state index in [1.54, 1.807) is 13.3 Å². The quantitative estimate of drug-likeness (QED) is 0.626. The van der Waals surface area contributed by atoms with Crippen LogP contribution in [-0.4, -0.2) is 36.0 Å². The fraction of sp³-hybridized carbons (Fsp3) is 0.286. The van der Waals surface area contributed by atoms with E-state index in [0.29, 0.717) is 12.2 Å². The lowest BCUT2D eigenvalue weighted by atomic mass is 10.2. The van der Waals surface area contributed by atoms with Crippen molar-refractivity contribution in [1.29, 1.82) is 0 Å². The van der Waals surface area contributed by atoms with Crippen molar-refractivity contribution in [3.63, 3.8) is 0 Å². The molecule has 0 bridgehead atoms. The highest BCUT2D eigenvalue weighted by atomic mass is 32.2. The molecule has 0 aliphatic heterocycles. The Balaban J connectivity index is 2.30. The number of rotatable bonds is 5. The highest BCUT2D eigenvalue weighted by Crippen LogP contribution is 2.19. The van der Waals surface area contributed by atoms with E-state index in [9.17, 15) is 4.79 Å². The molecule has 0 aliphatic carbocycles. The third-order valence-electron chi connectivity index (χ3n) is 2.90. The zero-order valence-corrected chi connectivity index (χ0v) is 12.4. The normalized spacial score (nSPS) is 10.3. The number of ether oxygens (including phenoxy) is 2. The zero-order valence-electron chi connectivity index (χ0n) is 11.6. The predicted molar refractivity (Wildman–Crippen MR) is 77.4 cm³/mol. The van der Waals surface area contributed by atoms with Crippen LogP contribution in [0.4, 0.5) is 0 Å². The minimum absolute atomic E-state index is 0.383. The van der Waals surface area contributed by atoms with Crippen molar-refractivity contribution in [3.05, 3.63) is 41.7 Å². The third kappa shape index (κ3) is 2.96. The SMILES string of the molecule is COC(=O)c1cnc(SC)n1Cc1ccc(OC)cc1. The topological polar surface area (TPSA) is 53.3 Å². The van der Waals surface area contributed by atoms with Gasteiger partial charge in [0.05, 0.1) is 27.0 Å². The van der Waals surface area contributed by atoms with Crippen LogP contribution in [0, 0.1) is 0 Å².